The minimum atomic E-state index is -4.21. The van der Waals surface area contributed by atoms with Gasteiger partial charge in [0.05, 0.1) is 17.7 Å². The van der Waals surface area contributed by atoms with Gasteiger partial charge in [0.1, 0.15) is 17.3 Å². The molecule has 4 rings (SSSR count). The second-order valence-corrected chi connectivity index (χ2v) is 8.14. The molecule has 0 aromatic heterocycles. The van der Waals surface area contributed by atoms with E-state index in [9.17, 15) is 17.2 Å². The molecule has 0 spiro atoms. The zero-order valence-corrected chi connectivity index (χ0v) is 15.7. The normalized spacial score (nSPS) is 21.3. The first kappa shape index (κ1) is 18.7. The number of hydrogen-bond acceptors (Lipinski definition) is 7. The molecule has 0 radical (unpaired) electrons. The molecule has 0 saturated heterocycles. The number of nitrogens with two attached hydrogens (primary N) is 1. The molecule has 8 nitrogen and oxygen atoms in total. The van der Waals surface area contributed by atoms with Crippen LogP contribution in [-0.2, 0) is 21.3 Å². The van der Waals surface area contributed by atoms with Crippen molar-refractivity contribution in [2.45, 2.75) is 30.4 Å². The maximum absolute atomic E-state index is 14.5. The highest BCUT2D eigenvalue weighted by Crippen LogP contribution is 2.32. The summed E-state index contributed by atoms with van der Waals surface area (Å²) in [5.74, 6) is -1.94. The highest BCUT2D eigenvalue weighted by Gasteiger charge is 2.35. The summed E-state index contributed by atoms with van der Waals surface area (Å²) in [6.45, 7) is 0.458. The van der Waals surface area contributed by atoms with Gasteiger partial charge >= 0.3 is 6.02 Å². The number of fused-ring (bicyclic) bond motifs is 2. The molecule has 1 aromatic carbocycles. The van der Waals surface area contributed by atoms with E-state index in [1.54, 1.807) is 6.21 Å². The van der Waals surface area contributed by atoms with Crippen molar-refractivity contribution in [2.24, 2.45) is 20.1 Å². The summed E-state index contributed by atoms with van der Waals surface area (Å²) in [6, 6.07) is 1.67. The van der Waals surface area contributed by atoms with E-state index in [4.69, 9.17) is 9.88 Å². The minimum absolute atomic E-state index is 0.0940. The summed E-state index contributed by atoms with van der Waals surface area (Å²) < 4.78 is 56.8. The Balaban J connectivity index is 1.70. The average Bonchev–Trinajstić information content (AvgIpc) is 3.07. The molecule has 1 unspecified atom stereocenters. The zero-order valence-electron chi connectivity index (χ0n) is 14.9. The van der Waals surface area contributed by atoms with E-state index in [1.807, 2.05) is 4.90 Å². The van der Waals surface area contributed by atoms with Crippen molar-refractivity contribution >= 4 is 28.0 Å². The summed E-state index contributed by atoms with van der Waals surface area (Å²) in [5.41, 5.74) is 1.98. The first-order valence-corrected chi connectivity index (χ1v) is 10.1. The van der Waals surface area contributed by atoms with Gasteiger partial charge < -0.3 is 9.64 Å². The molecule has 0 bridgehead atoms. The van der Waals surface area contributed by atoms with Crippen LogP contribution in [-0.4, -0.2) is 51.1 Å². The molecule has 0 saturated carbocycles. The monoisotopic (exact) mass is 409 g/mol. The molecule has 0 amide bonds. The topological polar surface area (TPSA) is 110 Å². The molecule has 3 aliphatic rings. The maximum atomic E-state index is 14.5. The van der Waals surface area contributed by atoms with E-state index in [0.29, 0.717) is 12.3 Å². The van der Waals surface area contributed by atoms with Gasteiger partial charge in [-0.1, -0.05) is 0 Å². The number of aliphatic imine (C=N–C) groups is 3. The van der Waals surface area contributed by atoms with Crippen LogP contribution in [0.3, 0.4) is 0 Å². The largest absolute Gasteiger partial charge is 0.467 e. The van der Waals surface area contributed by atoms with Crippen molar-refractivity contribution in [1.82, 2.24) is 4.90 Å². The Morgan fingerprint density at radius 3 is 2.68 bits per heavy atom. The molecule has 0 aliphatic carbocycles. The SMILES string of the molecule is COC1=NC2N=CC3=C(C2=N1)N(Cc1c(F)cc(S(N)(=O)=O)cc1F)CCC3. The van der Waals surface area contributed by atoms with Crippen LogP contribution in [0.1, 0.15) is 18.4 Å². The number of benzene rings is 1. The highest BCUT2D eigenvalue weighted by atomic mass is 32.2. The average molecular weight is 409 g/mol. The number of rotatable bonds is 3. The van der Waals surface area contributed by atoms with Gasteiger partial charge in [-0.05, 0) is 30.5 Å². The molecule has 0 fully saturated rings. The molecule has 28 heavy (non-hydrogen) atoms. The van der Waals surface area contributed by atoms with E-state index in [0.717, 1.165) is 36.2 Å². The van der Waals surface area contributed by atoms with Crippen LogP contribution < -0.4 is 5.14 Å². The molecule has 3 aliphatic heterocycles. The van der Waals surface area contributed by atoms with Crippen LogP contribution in [0.2, 0.25) is 0 Å². The lowest BCUT2D eigenvalue weighted by atomic mass is 9.96. The van der Waals surface area contributed by atoms with Gasteiger partial charge in [0.25, 0.3) is 0 Å². The van der Waals surface area contributed by atoms with E-state index in [1.165, 1.54) is 7.11 Å². The molecule has 2 N–H and O–H groups in total. The summed E-state index contributed by atoms with van der Waals surface area (Å²) in [7, 11) is -2.75. The number of dihydropyridines is 1. The van der Waals surface area contributed by atoms with Crippen LogP contribution >= 0.6 is 0 Å². The van der Waals surface area contributed by atoms with Gasteiger partial charge in [-0.15, -0.1) is 0 Å². The molecule has 1 aromatic rings. The fraction of sp³-hybridized carbons (Fsp3) is 0.353. The number of allylic oxidation sites excluding steroid dienone is 1. The third kappa shape index (κ3) is 3.20. The van der Waals surface area contributed by atoms with Crippen molar-refractivity contribution < 1.29 is 21.9 Å². The Kier molecular flexibility index (Phi) is 4.50. The van der Waals surface area contributed by atoms with Crippen molar-refractivity contribution in [1.29, 1.82) is 0 Å². The van der Waals surface area contributed by atoms with Crippen LogP contribution in [0.15, 0.2) is 43.3 Å². The number of methoxy groups -OCH3 is 1. The minimum Gasteiger partial charge on any atom is -0.467 e. The van der Waals surface area contributed by atoms with Crippen LogP contribution in [0.25, 0.3) is 0 Å². The predicted octanol–water partition coefficient (Wildman–Crippen LogP) is 1.33. The molecular formula is C17H17F2N5O3S. The zero-order chi connectivity index (χ0) is 20.1. The summed E-state index contributed by atoms with van der Waals surface area (Å²) in [5, 5.41) is 4.97. The Morgan fingerprint density at radius 1 is 1.32 bits per heavy atom. The first-order chi connectivity index (χ1) is 13.3. The molecule has 1 atom stereocenters. The van der Waals surface area contributed by atoms with Crippen LogP contribution in [0, 0.1) is 11.6 Å². The maximum Gasteiger partial charge on any atom is 0.314 e. The number of primary sulfonamides is 1. The smallest absolute Gasteiger partial charge is 0.314 e. The Morgan fingerprint density at radius 2 is 2.04 bits per heavy atom. The molecule has 3 heterocycles. The van der Waals surface area contributed by atoms with E-state index in [2.05, 4.69) is 15.0 Å². The number of sulfonamides is 1. The van der Waals surface area contributed by atoms with Gasteiger partial charge in [-0.2, -0.15) is 9.98 Å². The lowest BCUT2D eigenvalue weighted by Crippen LogP contribution is -2.38. The van der Waals surface area contributed by atoms with Gasteiger partial charge in [0.2, 0.25) is 10.0 Å². The van der Waals surface area contributed by atoms with Gasteiger partial charge in [-0.25, -0.2) is 22.3 Å². The lowest BCUT2D eigenvalue weighted by molar-refractivity contribution is 0.315. The fourth-order valence-electron chi connectivity index (χ4n) is 3.48. The Bertz CT molecular complexity index is 1060. The highest BCUT2D eigenvalue weighted by molar-refractivity contribution is 7.89. The van der Waals surface area contributed by atoms with E-state index >= 15 is 0 Å². The quantitative estimate of drug-likeness (QED) is 0.812. The van der Waals surface area contributed by atoms with E-state index in [-0.39, 0.29) is 18.1 Å². The first-order valence-electron chi connectivity index (χ1n) is 8.50. The van der Waals surface area contributed by atoms with E-state index < -0.39 is 32.7 Å². The summed E-state index contributed by atoms with van der Waals surface area (Å²) in [4.78, 5) is 14.1. The van der Waals surface area contributed by atoms with Gasteiger partial charge in [0.15, 0.2) is 6.17 Å². The third-order valence-electron chi connectivity index (χ3n) is 4.78. The predicted molar refractivity (Wildman–Crippen MR) is 98.6 cm³/mol. The van der Waals surface area contributed by atoms with Crippen molar-refractivity contribution in [3.05, 3.63) is 40.6 Å². The number of hydrogen-bond donors (Lipinski definition) is 1. The lowest BCUT2D eigenvalue weighted by Gasteiger charge is -2.35. The fourth-order valence-corrected chi connectivity index (χ4v) is 4.02. The van der Waals surface area contributed by atoms with Crippen molar-refractivity contribution in [3.63, 3.8) is 0 Å². The summed E-state index contributed by atoms with van der Waals surface area (Å²) in [6.07, 6.45) is 2.72. The van der Waals surface area contributed by atoms with Crippen molar-refractivity contribution in [3.8, 4) is 0 Å². The number of nitrogens with zero attached hydrogens (tertiary/aromatic N) is 4. The van der Waals surface area contributed by atoms with Gasteiger partial charge in [-0.3, -0.25) is 4.99 Å². The number of halogens is 2. The van der Waals surface area contributed by atoms with Crippen LogP contribution in [0.4, 0.5) is 8.78 Å². The third-order valence-corrected chi connectivity index (χ3v) is 5.67. The standard InChI is InChI=1S/C17H17F2N5O3S/c1-27-17-22-14-15-9(7-21-16(14)23-17)3-2-4-24(15)8-11-12(18)5-10(6-13(11)19)28(20,25)26/h5-7,16H,2-4,8H2,1H3,(H2,20,25,26). The molecule has 148 valence electrons. The number of ether oxygens (including phenoxy) is 1. The second-order valence-electron chi connectivity index (χ2n) is 6.57. The molecule has 11 heteroatoms. The number of amidine groups is 1. The van der Waals surface area contributed by atoms with Crippen molar-refractivity contribution in [2.75, 3.05) is 13.7 Å². The molecular weight excluding hydrogens is 392 g/mol. The van der Waals surface area contributed by atoms with Gasteiger partial charge in [0, 0.05) is 24.9 Å². The Hall–Kier alpha value is -2.66. The van der Waals surface area contributed by atoms with Crippen LogP contribution in [0.5, 0.6) is 0 Å². The Labute approximate surface area is 160 Å². The second kappa shape index (κ2) is 6.74. The summed E-state index contributed by atoms with van der Waals surface area (Å²) >= 11 is 0.